The molecule has 4 nitrogen and oxygen atoms in total. The van der Waals surface area contributed by atoms with Crippen molar-refractivity contribution >= 4 is 5.97 Å². The van der Waals surface area contributed by atoms with Crippen LogP contribution in [0.5, 0.6) is 0 Å². The van der Waals surface area contributed by atoms with Crippen LogP contribution in [-0.4, -0.2) is 42.1 Å². The predicted molar refractivity (Wildman–Crippen MR) is 64.6 cm³/mol. The first-order valence-electron chi connectivity index (χ1n) is 6.02. The van der Waals surface area contributed by atoms with Crippen LogP contribution in [0.15, 0.2) is 24.5 Å². The van der Waals surface area contributed by atoms with Crippen LogP contribution in [0.1, 0.15) is 18.4 Å². The summed E-state index contributed by atoms with van der Waals surface area (Å²) in [7, 11) is 1.46. The van der Waals surface area contributed by atoms with Gasteiger partial charge in [0.05, 0.1) is 7.11 Å². The first-order chi connectivity index (χ1) is 8.31. The van der Waals surface area contributed by atoms with E-state index in [1.165, 1.54) is 12.7 Å². The van der Waals surface area contributed by atoms with Crippen LogP contribution in [0.2, 0.25) is 0 Å². The number of ether oxygens (including phenoxy) is 1. The fraction of sp³-hybridized carbons (Fsp3) is 0.538. The summed E-state index contributed by atoms with van der Waals surface area (Å²) in [6, 6.07) is 3.96. The van der Waals surface area contributed by atoms with E-state index < -0.39 is 0 Å². The first kappa shape index (κ1) is 12.0. The molecule has 0 bridgehead atoms. The van der Waals surface area contributed by atoms with Crippen molar-refractivity contribution in [3.63, 3.8) is 0 Å². The predicted octanol–water partition coefficient (Wildman–Crippen LogP) is 1.26. The third-order valence-electron chi connectivity index (χ3n) is 3.25. The highest BCUT2D eigenvalue weighted by Gasteiger charge is 2.30. The lowest BCUT2D eigenvalue weighted by Crippen LogP contribution is -2.38. The molecule has 1 atom stereocenters. The zero-order valence-corrected chi connectivity index (χ0v) is 10.1. The second-order valence-corrected chi connectivity index (χ2v) is 4.33. The van der Waals surface area contributed by atoms with E-state index in [9.17, 15) is 4.79 Å². The minimum Gasteiger partial charge on any atom is -0.468 e. The zero-order valence-electron chi connectivity index (χ0n) is 10.1. The summed E-state index contributed by atoms with van der Waals surface area (Å²) in [5.74, 6) is -0.103. The SMILES string of the molecule is COC(=O)C1CCCN1CCc1cccnc1. The van der Waals surface area contributed by atoms with Crippen molar-refractivity contribution in [3.05, 3.63) is 30.1 Å². The molecule has 1 saturated heterocycles. The number of carbonyl (C=O) groups excluding carboxylic acids is 1. The second kappa shape index (κ2) is 5.77. The van der Waals surface area contributed by atoms with Gasteiger partial charge in [0.15, 0.2) is 0 Å². The number of likely N-dealkylation sites (tertiary alicyclic amines) is 1. The number of methoxy groups -OCH3 is 1. The topological polar surface area (TPSA) is 42.4 Å². The molecule has 0 N–H and O–H groups in total. The van der Waals surface area contributed by atoms with Crippen LogP contribution < -0.4 is 0 Å². The molecule has 1 aliphatic rings. The van der Waals surface area contributed by atoms with Gasteiger partial charge in [-0.15, -0.1) is 0 Å². The third kappa shape index (κ3) is 3.03. The number of nitrogens with zero attached hydrogens (tertiary/aromatic N) is 2. The van der Waals surface area contributed by atoms with Gasteiger partial charge < -0.3 is 4.74 Å². The van der Waals surface area contributed by atoms with Crippen molar-refractivity contribution in [2.75, 3.05) is 20.2 Å². The van der Waals surface area contributed by atoms with Crippen LogP contribution in [0.25, 0.3) is 0 Å². The van der Waals surface area contributed by atoms with E-state index in [1.807, 2.05) is 12.3 Å². The third-order valence-corrected chi connectivity index (χ3v) is 3.25. The fourth-order valence-electron chi connectivity index (χ4n) is 2.32. The van der Waals surface area contributed by atoms with Crippen LogP contribution in [0, 0.1) is 0 Å². The Kier molecular flexibility index (Phi) is 4.09. The van der Waals surface area contributed by atoms with E-state index in [0.717, 1.165) is 32.4 Å². The quantitative estimate of drug-likeness (QED) is 0.736. The molecule has 0 aliphatic carbocycles. The average molecular weight is 234 g/mol. The Hall–Kier alpha value is -1.42. The average Bonchev–Trinajstić information content (AvgIpc) is 2.85. The number of pyridine rings is 1. The summed E-state index contributed by atoms with van der Waals surface area (Å²) in [6.07, 6.45) is 6.58. The van der Waals surface area contributed by atoms with Crippen molar-refractivity contribution in [3.8, 4) is 0 Å². The largest absolute Gasteiger partial charge is 0.468 e. The Labute approximate surface area is 102 Å². The maximum atomic E-state index is 11.6. The Bertz CT molecular complexity index is 367. The molecular formula is C13H18N2O2. The van der Waals surface area contributed by atoms with Gasteiger partial charge in [-0.05, 0) is 37.4 Å². The highest BCUT2D eigenvalue weighted by atomic mass is 16.5. The van der Waals surface area contributed by atoms with Gasteiger partial charge >= 0.3 is 5.97 Å². The highest BCUT2D eigenvalue weighted by Crippen LogP contribution is 2.18. The van der Waals surface area contributed by atoms with Crippen molar-refractivity contribution in [2.24, 2.45) is 0 Å². The van der Waals surface area contributed by atoms with Gasteiger partial charge in [-0.25, -0.2) is 0 Å². The molecule has 0 saturated carbocycles. The van der Waals surface area contributed by atoms with Crippen molar-refractivity contribution in [1.82, 2.24) is 9.88 Å². The molecule has 1 aromatic heterocycles. The normalized spacial score (nSPS) is 20.4. The van der Waals surface area contributed by atoms with Gasteiger partial charge in [0, 0.05) is 18.9 Å². The van der Waals surface area contributed by atoms with Crippen LogP contribution >= 0.6 is 0 Å². The molecule has 1 unspecified atom stereocenters. The molecule has 1 aliphatic heterocycles. The molecule has 0 aromatic carbocycles. The Morgan fingerprint density at radius 1 is 1.65 bits per heavy atom. The molecule has 0 radical (unpaired) electrons. The maximum absolute atomic E-state index is 11.6. The molecule has 1 fully saturated rings. The van der Waals surface area contributed by atoms with E-state index in [-0.39, 0.29) is 12.0 Å². The molecule has 92 valence electrons. The highest BCUT2D eigenvalue weighted by molar-refractivity contribution is 5.75. The fourth-order valence-corrected chi connectivity index (χ4v) is 2.32. The van der Waals surface area contributed by atoms with Gasteiger partial charge in [0.1, 0.15) is 6.04 Å². The Morgan fingerprint density at radius 2 is 2.53 bits per heavy atom. The van der Waals surface area contributed by atoms with Crippen molar-refractivity contribution < 1.29 is 9.53 Å². The second-order valence-electron chi connectivity index (χ2n) is 4.33. The summed E-state index contributed by atoms with van der Waals surface area (Å²) >= 11 is 0. The minimum absolute atomic E-state index is 0.0447. The summed E-state index contributed by atoms with van der Waals surface area (Å²) in [4.78, 5) is 17.9. The number of aromatic nitrogens is 1. The number of hydrogen-bond acceptors (Lipinski definition) is 4. The number of carbonyl (C=O) groups is 1. The Balaban J connectivity index is 1.88. The smallest absolute Gasteiger partial charge is 0.323 e. The van der Waals surface area contributed by atoms with E-state index >= 15 is 0 Å². The van der Waals surface area contributed by atoms with Crippen molar-refractivity contribution in [2.45, 2.75) is 25.3 Å². The van der Waals surface area contributed by atoms with E-state index in [4.69, 9.17) is 4.74 Å². The molecule has 1 aromatic rings. The lowest BCUT2D eigenvalue weighted by atomic mass is 10.2. The van der Waals surface area contributed by atoms with Gasteiger partial charge in [-0.3, -0.25) is 14.7 Å². The first-order valence-corrected chi connectivity index (χ1v) is 6.02. The molecule has 2 rings (SSSR count). The van der Waals surface area contributed by atoms with Gasteiger partial charge in [-0.2, -0.15) is 0 Å². The zero-order chi connectivity index (χ0) is 12.1. The molecule has 2 heterocycles. The van der Waals surface area contributed by atoms with Crippen LogP contribution in [0.3, 0.4) is 0 Å². The van der Waals surface area contributed by atoms with E-state index in [0.29, 0.717) is 0 Å². The standard InChI is InChI=1S/C13H18N2O2/c1-17-13(16)12-5-3-8-15(12)9-6-11-4-2-7-14-10-11/h2,4,7,10,12H,3,5-6,8-9H2,1H3. The molecule has 4 heteroatoms. The maximum Gasteiger partial charge on any atom is 0.323 e. The number of hydrogen-bond donors (Lipinski definition) is 0. The lowest BCUT2D eigenvalue weighted by Gasteiger charge is -2.21. The monoisotopic (exact) mass is 234 g/mol. The summed E-state index contributed by atoms with van der Waals surface area (Å²) in [5, 5.41) is 0. The van der Waals surface area contributed by atoms with Crippen LogP contribution in [-0.2, 0) is 16.0 Å². The molecule has 17 heavy (non-hydrogen) atoms. The number of esters is 1. The molecular weight excluding hydrogens is 216 g/mol. The lowest BCUT2D eigenvalue weighted by molar-refractivity contribution is -0.145. The van der Waals surface area contributed by atoms with Gasteiger partial charge in [-0.1, -0.05) is 6.07 Å². The molecule has 0 amide bonds. The van der Waals surface area contributed by atoms with Crippen LogP contribution in [0.4, 0.5) is 0 Å². The summed E-state index contributed by atoms with van der Waals surface area (Å²) in [5.41, 5.74) is 1.21. The number of rotatable bonds is 4. The summed E-state index contributed by atoms with van der Waals surface area (Å²) < 4.78 is 4.82. The van der Waals surface area contributed by atoms with E-state index in [1.54, 1.807) is 6.20 Å². The van der Waals surface area contributed by atoms with Crippen molar-refractivity contribution in [1.29, 1.82) is 0 Å². The van der Waals surface area contributed by atoms with E-state index in [2.05, 4.69) is 16.0 Å². The van der Waals surface area contributed by atoms with Gasteiger partial charge in [0.25, 0.3) is 0 Å². The summed E-state index contributed by atoms with van der Waals surface area (Å²) in [6.45, 7) is 1.88. The Morgan fingerprint density at radius 3 is 3.24 bits per heavy atom. The van der Waals surface area contributed by atoms with Gasteiger partial charge in [0.2, 0.25) is 0 Å². The molecule has 0 spiro atoms. The minimum atomic E-state index is -0.103.